The third-order valence-electron chi connectivity index (χ3n) is 6.73. The van der Waals surface area contributed by atoms with E-state index in [1.165, 1.54) is 36.4 Å². The van der Waals surface area contributed by atoms with Crippen LogP contribution in [0.3, 0.4) is 0 Å². The quantitative estimate of drug-likeness (QED) is 0.246. The minimum Gasteiger partial charge on any atom is -0.207 e. The van der Waals surface area contributed by atoms with Crippen LogP contribution in [0.2, 0.25) is 0 Å². The summed E-state index contributed by atoms with van der Waals surface area (Å²) >= 11 is 0. The highest BCUT2D eigenvalue weighted by atomic mass is 32.2. The van der Waals surface area contributed by atoms with E-state index in [0.717, 1.165) is 29.8 Å². The van der Waals surface area contributed by atoms with Crippen LogP contribution in [-0.4, -0.2) is 8.42 Å². The molecule has 3 nitrogen and oxygen atoms in total. The molecule has 1 aliphatic rings. The molecule has 10 heteroatoms. The van der Waals surface area contributed by atoms with Crippen molar-refractivity contribution in [1.82, 2.24) is 4.72 Å². The predicted molar refractivity (Wildman–Crippen MR) is 139 cm³/mol. The Labute approximate surface area is 226 Å². The summed E-state index contributed by atoms with van der Waals surface area (Å²) in [5.41, 5.74) is 1.54. The van der Waals surface area contributed by atoms with E-state index >= 15 is 0 Å². The SMILES string of the molecule is Cc1ccc(S(=O)(=O)NC2C(c3ccc(C(F)(F)F)cc3)=C(c3ccc(C(F)(F)F)cc3)c3ccccc32)cc1. The van der Waals surface area contributed by atoms with Gasteiger partial charge in [-0.25, -0.2) is 8.42 Å². The summed E-state index contributed by atoms with van der Waals surface area (Å²) < 4.78 is 109. The van der Waals surface area contributed by atoms with E-state index in [-0.39, 0.29) is 10.5 Å². The maximum Gasteiger partial charge on any atom is 0.416 e. The Hall–Kier alpha value is -3.89. The number of alkyl halides is 6. The van der Waals surface area contributed by atoms with Gasteiger partial charge in [0.2, 0.25) is 10.0 Å². The Morgan fingerprint density at radius 2 is 1.15 bits per heavy atom. The highest BCUT2D eigenvalue weighted by Gasteiger charge is 2.37. The molecule has 0 saturated carbocycles. The van der Waals surface area contributed by atoms with Gasteiger partial charge in [0.25, 0.3) is 0 Å². The Kier molecular flexibility index (Phi) is 6.87. The molecule has 0 aliphatic heterocycles. The van der Waals surface area contributed by atoms with Crippen LogP contribution in [-0.2, 0) is 22.4 Å². The average Bonchev–Trinajstić information content (AvgIpc) is 3.21. The van der Waals surface area contributed by atoms with Gasteiger partial charge in [-0.05, 0) is 76.7 Å². The van der Waals surface area contributed by atoms with Gasteiger partial charge in [-0.3, -0.25) is 0 Å². The molecule has 0 fully saturated rings. The van der Waals surface area contributed by atoms with Gasteiger partial charge < -0.3 is 0 Å². The first-order chi connectivity index (χ1) is 18.8. The van der Waals surface area contributed by atoms with Crippen LogP contribution < -0.4 is 4.72 Å². The van der Waals surface area contributed by atoms with Crippen LogP contribution in [0.1, 0.15) is 45.0 Å². The lowest BCUT2D eigenvalue weighted by Crippen LogP contribution is -2.28. The van der Waals surface area contributed by atoms with Crippen molar-refractivity contribution >= 4 is 21.2 Å². The minimum atomic E-state index is -4.59. The zero-order chi connectivity index (χ0) is 28.9. The van der Waals surface area contributed by atoms with Crippen molar-refractivity contribution in [2.75, 3.05) is 0 Å². The number of halogens is 6. The zero-order valence-electron chi connectivity index (χ0n) is 20.8. The van der Waals surface area contributed by atoms with E-state index in [1.807, 2.05) is 0 Å². The second kappa shape index (κ2) is 9.94. The Morgan fingerprint density at radius 1 is 0.650 bits per heavy atom. The summed E-state index contributed by atoms with van der Waals surface area (Å²) in [4.78, 5) is -0.00895. The number of sulfonamides is 1. The molecule has 0 amide bonds. The third kappa shape index (κ3) is 5.29. The maximum atomic E-state index is 13.5. The summed E-state index contributed by atoms with van der Waals surface area (Å²) in [5, 5.41) is 0. The van der Waals surface area contributed by atoms with Gasteiger partial charge in [-0.2, -0.15) is 31.1 Å². The molecule has 0 heterocycles. The van der Waals surface area contributed by atoms with Gasteiger partial charge >= 0.3 is 12.4 Å². The number of benzene rings is 4. The van der Waals surface area contributed by atoms with Gasteiger partial charge in [0.1, 0.15) is 0 Å². The van der Waals surface area contributed by atoms with Crippen molar-refractivity contribution in [1.29, 1.82) is 0 Å². The Balaban J connectivity index is 1.72. The molecule has 1 atom stereocenters. The number of nitrogens with one attached hydrogen (secondary N) is 1. The second-order valence-electron chi connectivity index (χ2n) is 9.39. The van der Waals surface area contributed by atoms with Crippen molar-refractivity contribution in [3.63, 3.8) is 0 Å². The largest absolute Gasteiger partial charge is 0.416 e. The van der Waals surface area contributed by atoms with Crippen molar-refractivity contribution in [3.8, 4) is 0 Å². The average molecular weight is 574 g/mol. The van der Waals surface area contributed by atoms with E-state index in [9.17, 15) is 34.8 Å². The van der Waals surface area contributed by atoms with Gasteiger partial charge in [-0.15, -0.1) is 0 Å². The van der Waals surface area contributed by atoms with E-state index in [1.54, 1.807) is 43.3 Å². The predicted octanol–water partition coefficient (Wildman–Crippen LogP) is 8.02. The molecule has 1 unspecified atom stereocenters. The molecule has 206 valence electrons. The Bertz CT molecular complexity index is 1690. The maximum absolute atomic E-state index is 13.5. The van der Waals surface area contributed by atoms with Crippen molar-refractivity contribution in [2.45, 2.75) is 30.2 Å². The summed E-state index contributed by atoms with van der Waals surface area (Å²) in [7, 11) is -4.12. The van der Waals surface area contributed by atoms with Crippen LogP contribution in [0.15, 0.2) is 102 Å². The van der Waals surface area contributed by atoms with Crippen LogP contribution >= 0.6 is 0 Å². The first kappa shape index (κ1) is 27.7. The molecular weight excluding hydrogens is 552 g/mol. The number of fused-ring (bicyclic) bond motifs is 1. The molecule has 5 rings (SSSR count). The van der Waals surface area contributed by atoms with E-state index in [0.29, 0.717) is 27.8 Å². The molecule has 1 N–H and O–H groups in total. The second-order valence-corrected chi connectivity index (χ2v) is 11.1. The Morgan fingerprint density at radius 3 is 1.68 bits per heavy atom. The van der Waals surface area contributed by atoms with Crippen LogP contribution in [0.5, 0.6) is 0 Å². The normalized spacial score (nSPS) is 15.8. The molecule has 0 aromatic heterocycles. The third-order valence-corrected chi connectivity index (χ3v) is 8.17. The van der Waals surface area contributed by atoms with E-state index < -0.39 is 39.5 Å². The molecule has 0 saturated heterocycles. The fraction of sp³-hybridized carbons (Fsp3) is 0.133. The first-order valence-electron chi connectivity index (χ1n) is 12.0. The number of aryl methyl sites for hydroxylation is 1. The van der Waals surface area contributed by atoms with Crippen molar-refractivity contribution in [3.05, 3.63) is 136 Å². The number of hydrogen-bond donors (Lipinski definition) is 1. The van der Waals surface area contributed by atoms with Gasteiger partial charge in [0.15, 0.2) is 0 Å². The lowest BCUT2D eigenvalue weighted by Gasteiger charge is -2.20. The molecule has 4 aromatic rings. The molecule has 0 radical (unpaired) electrons. The minimum absolute atomic E-state index is 0.00895. The molecule has 40 heavy (non-hydrogen) atoms. The van der Waals surface area contributed by atoms with Crippen LogP contribution in [0, 0.1) is 6.92 Å². The van der Waals surface area contributed by atoms with Crippen molar-refractivity contribution in [2.24, 2.45) is 0 Å². The van der Waals surface area contributed by atoms with Gasteiger partial charge in [-0.1, -0.05) is 66.2 Å². The summed E-state index contributed by atoms with van der Waals surface area (Å²) in [6.45, 7) is 1.80. The lowest BCUT2D eigenvalue weighted by atomic mass is 9.92. The van der Waals surface area contributed by atoms with Crippen LogP contribution in [0.25, 0.3) is 11.1 Å². The number of hydrogen-bond acceptors (Lipinski definition) is 2. The van der Waals surface area contributed by atoms with Gasteiger partial charge in [0.05, 0.1) is 22.1 Å². The number of rotatable bonds is 5. The van der Waals surface area contributed by atoms with E-state index in [4.69, 9.17) is 0 Å². The van der Waals surface area contributed by atoms with Gasteiger partial charge in [0, 0.05) is 0 Å². The molecule has 0 spiro atoms. The standard InChI is InChI=1S/C30H21F6NO2S/c1-18-6-16-23(17-7-18)40(38,39)37-28-25-5-3-2-4-24(25)26(19-8-12-21(13-9-19)29(31,32)33)27(28)20-10-14-22(15-11-20)30(34,35)36/h2-17,28,37H,1H3. The topological polar surface area (TPSA) is 46.2 Å². The molecular formula is C30H21F6NO2S. The summed E-state index contributed by atoms with van der Waals surface area (Å²) in [5.74, 6) is 0. The highest BCUT2D eigenvalue weighted by Crippen LogP contribution is 2.49. The molecule has 4 aromatic carbocycles. The zero-order valence-corrected chi connectivity index (χ0v) is 21.6. The first-order valence-corrected chi connectivity index (χ1v) is 13.5. The van der Waals surface area contributed by atoms with E-state index in [2.05, 4.69) is 4.72 Å². The highest BCUT2D eigenvalue weighted by molar-refractivity contribution is 7.89. The van der Waals surface area contributed by atoms with Crippen molar-refractivity contribution < 1.29 is 34.8 Å². The fourth-order valence-electron chi connectivity index (χ4n) is 4.77. The summed E-state index contributed by atoms with van der Waals surface area (Å²) in [6, 6.07) is 20.5. The summed E-state index contributed by atoms with van der Waals surface area (Å²) in [6.07, 6.45) is -9.16. The monoisotopic (exact) mass is 573 g/mol. The lowest BCUT2D eigenvalue weighted by molar-refractivity contribution is -0.138. The molecule has 1 aliphatic carbocycles. The fourth-order valence-corrected chi connectivity index (χ4v) is 5.96. The van der Waals surface area contributed by atoms with Crippen LogP contribution in [0.4, 0.5) is 26.3 Å². The smallest absolute Gasteiger partial charge is 0.207 e. The molecule has 0 bridgehead atoms.